The summed E-state index contributed by atoms with van der Waals surface area (Å²) >= 11 is 0. The number of likely N-dealkylation sites (N-methyl/N-ethyl adjacent to an activating group) is 1. The Labute approximate surface area is 156 Å². The van der Waals surface area contributed by atoms with Crippen LogP contribution < -0.4 is 0 Å². The summed E-state index contributed by atoms with van der Waals surface area (Å²) in [5.74, 6) is 0.0956. The van der Waals surface area contributed by atoms with Crippen molar-refractivity contribution in [1.29, 1.82) is 0 Å². The van der Waals surface area contributed by atoms with Crippen LogP contribution in [-0.2, 0) is 4.79 Å². The third kappa shape index (κ3) is 4.33. The summed E-state index contributed by atoms with van der Waals surface area (Å²) < 4.78 is 13.0. The summed E-state index contributed by atoms with van der Waals surface area (Å²) in [5, 5.41) is 0. The van der Waals surface area contributed by atoms with Gasteiger partial charge in [0.25, 0.3) is 0 Å². The molecule has 4 nitrogen and oxygen atoms in total. The molecule has 0 N–H and O–H groups in total. The van der Waals surface area contributed by atoms with Crippen molar-refractivity contribution in [3.63, 3.8) is 0 Å². The van der Waals surface area contributed by atoms with Gasteiger partial charge in [0.15, 0.2) is 0 Å². The van der Waals surface area contributed by atoms with Gasteiger partial charge >= 0.3 is 0 Å². The SMILES string of the molecule is CCN1CC[C@]2(CCC1=O)CN(C/C=C/c1ccc(F)cc1)CCN2C. The van der Waals surface area contributed by atoms with Crippen molar-refractivity contribution in [2.45, 2.75) is 31.7 Å². The van der Waals surface area contributed by atoms with Gasteiger partial charge < -0.3 is 4.90 Å². The molecule has 2 saturated heterocycles. The Bertz CT molecular complexity index is 645. The average molecular weight is 359 g/mol. The van der Waals surface area contributed by atoms with E-state index in [4.69, 9.17) is 0 Å². The van der Waals surface area contributed by atoms with Crippen LogP contribution in [0.4, 0.5) is 4.39 Å². The lowest BCUT2D eigenvalue weighted by Gasteiger charge is -2.49. The van der Waals surface area contributed by atoms with E-state index in [0.717, 1.165) is 57.7 Å². The third-order valence-electron chi connectivity index (χ3n) is 6.01. The number of hydrogen-bond acceptors (Lipinski definition) is 3. The van der Waals surface area contributed by atoms with E-state index in [9.17, 15) is 9.18 Å². The molecule has 2 aliphatic rings. The molecule has 142 valence electrons. The maximum absolute atomic E-state index is 13.0. The van der Waals surface area contributed by atoms with E-state index in [1.54, 1.807) is 12.1 Å². The number of amides is 1. The zero-order valence-electron chi connectivity index (χ0n) is 16.0. The largest absolute Gasteiger partial charge is 0.343 e. The summed E-state index contributed by atoms with van der Waals surface area (Å²) in [6, 6.07) is 6.58. The molecule has 0 aliphatic carbocycles. The second-order valence-corrected chi connectivity index (χ2v) is 7.56. The minimum absolute atomic E-state index is 0.0988. The summed E-state index contributed by atoms with van der Waals surface area (Å²) in [5.41, 5.74) is 1.12. The fourth-order valence-corrected chi connectivity index (χ4v) is 4.18. The highest BCUT2D eigenvalue weighted by Gasteiger charge is 2.41. The van der Waals surface area contributed by atoms with Crippen LogP contribution in [0.15, 0.2) is 30.3 Å². The highest BCUT2D eigenvalue weighted by Crippen LogP contribution is 2.32. The van der Waals surface area contributed by atoms with E-state index in [1.807, 2.05) is 4.90 Å². The number of piperazine rings is 1. The Morgan fingerprint density at radius 2 is 1.92 bits per heavy atom. The third-order valence-corrected chi connectivity index (χ3v) is 6.01. The van der Waals surface area contributed by atoms with Crippen molar-refractivity contribution in [3.8, 4) is 0 Å². The summed E-state index contributed by atoms with van der Waals surface area (Å²) in [6.07, 6.45) is 6.85. The molecule has 1 atom stereocenters. The van der Waals surface area contributed by atoms with Crippen LogP contribution in [0.5, 0.6) is 0 Å². The minimum atomic E-state index is -0.202. The van der Waals surface area contributed by atoms with E-state index >= 15 is 0 Å². The van der Waals surface area contributed by atoms with Crippen molar-refractivity contribution in [3.05, 3.63) is 41.7 Å². The smallest absolute Gasteiger partial charge is 0.222 e. The Morgan fingerprint density at radius 1 is 1.15 bits per heavy atom. The highest BCUT2D eigenvalue weighted by molar-refractivity contribution is 5.76. The first-order valence-electron chi connectivity index (χ1n) is 9.66. The van der Waals surface area contributed by atoms with Crippen LogP contribution in [0.1, 0.15) is 31.7 Å². The van der Waals surface area contributed by atoms with E-state index < -0.39 is 0 Å². The molecule has 1 aromatic rings. The maximum atomic E-state index is 13.0. The molecule has 0 aromatic heterocycles. The Kier molecular flexibility index (Phi) is 6.09. The van der Waals surface area contributed by atoms with Gasteiger partial charge in [-0.1, -0.05) is 24.3 Å². The molecule has 0 radical (unpaired) electrons. The number of carbonyl (C=O) groups is 1. The van der Waals surface area contributed by atoms with E-state index in [-0.39, 0.29) is 11.4 Å². The number of benzene rings is 1. The maximum Gasteiger partial charge on any atom is 0.222 e. The zero-order valence-corrected chi connectivity index (χ0v) is 16.0. The second kappa shape index (κ2) is 8.31. The molecule has 2 heterocycles. The van der Waals surface area contributed by atoms with Crippen molar-refractivity contribution < 1.29 is 9.18 Å². The lowest BCUT2D eigenvalue weighted by Crippen LogP contribution is -2.61. The van der Waals surface area contributed by atoms with Crippen LogP contribution in [0, 0.1) is 5.82 Å². The number of carbonyl (C=O) groups excluding carboxylic acids is 1. The number of hydrogen-bond donors (Lipinski definition) is 0. The van der Waals surface area contributed by atoms with E-state index in [0.29, 0.717) is 12.3 Å². The highest BCUT2D eigenvalue weighted by atomic mass is 19.1. The van der Waals surface area contributed by atoms with Gasteiger partial charge in [-0.25, -0.2) is 4.39 Å². The molecular formula is C21H30FN3O. The first kappa shape index (κ1) is 19.1. The van der Waals surface area contributed by atoms with Crippen LogP contribution in [0.3, 0.4) is 0 Å². The van der Waals surface area contributed by atoms with Crippen LogP contribution >= 0.6 is 0 Å². The lowest BCUT2D eigenvalue weighted by molar-refractivity contribution is -0.130. The standard InChI is InChI=1S/C21H30FN3O/c1-3-25-14-12-21(11-10-20(25)26)17-24(16-15-23(21)2)13-4-5-18-6-8-19(22)9-7-18/h4-9H,3,10-17H2,1-2H3/b5-4+/t21-/m1/s1. The predicted molar refractivity (Wildman–Crippen MR) is 103 cm³/mol. The van der Waals surface area contributed by atoms with Crippen molar-refractivity contribution >= 4 is 12.0 Å². The van der Waals surface area contributed by atoms with E-state index in [2.05, 4.69) is 35.9 Å². The Morgan fingerprint density at radius 3 is 2.65 bits per heavy atom. The quantitative estimate of drug-likeness (QED) is 0.827. The fraction of sp³-hybridized carbons (Fsp3) is 0.571. The molecule has 0 unspecified atom stereocenters. The summed E-state index contributed by atoms with van der Waals surface area (Å²) in [4.78, 5) is 19.2. The van der Waals surface area contributed by atoms with E-state index in [1.165, 1.54) is 12.1 Å². The predicted octanol–water partition coefficient (Wildman–Crippen LogP) is 2.86. The minimum Gasteiger partial charge on any atom is -0.343 e. The molecule has 0 bridgehead atoms. The van der Waals surface area contributed by atoms with Crippen LogP contribution in [-0.4, -0.2) is 72.5 Å². The first-order valence-corrected chi connectivity index (χ1v) is 9.66. The topological polar surface area (TPSA) is 26.8 Å². The van der Waals surface area contributed by atoms with Gasteiger partial charge in [0.2, 0.25) is 5.91 Å². The summed E-state index contributed by atoms with van der Waals surface area (Å²) in [6.45, 7) is 7.69. The second-order valence-electron chi connectivity index (χ2n) is 7.56. The monoisotopic (exact) mass is 359 g/mol. The molecule has 1 amide bonds. The zero-order chi connectivity index (χ0) is 18.6. The van der Waals surface area contributed by atoms with Crippen molar-refractivity contribution in [2.24, 2.45) is 0 Å². The normalized spacial score (nSPS) is 26.0. The molecular weight excluding hydrogens is 329 g/mol. The number of rotatable bonds is 4. The average Bonchev–Trinajstić information content (AvgIpc) is 2.80. The van der Waals surface area contributed by atoms with Gasteiger partial charge in [-0.05, 0) is 44.5 Å². The molecule has 2 fully saturated rings. The Balaban J connectivity index is 1.62. The fourth-order valence-electron chi connectivity index (χ4n) is 4.18. The molecule has 3 rings (SSSR count). The molecule has 5 heteroatoms. The molecule has 1 spiro atoms. The van der Waals surface area contributed by atoms with Gasteiger partial charge in [-0.2, -0.15) is 0 Å². The Hall–Kier alpha value is -1.72. The first-order chi connectivity index (χ1) is 12.5. The van der Waals surface area contributed by atoms with Gasteiger partial charge in [-0.3, -0.25) is 14.6 Å². The molecule has 26 heavy (non-hydrogen) atoms. The van der Waals surface area contributed by atoms with Crippen LogP contribution in [0.25, 0.3) is 6.08 Å². The lowest BCUT2D eigenvalue weighted by atomic mass is 9.86. The van der Waals surface area contributed by atoms with Gasteiger partial charge in [0.1, 0.15) is 5.82 Å². The van der Waals surface area contributed by atoms with Crippen molar-refractivity contribution in [1.82, 2.24) is 14.7 Å². The number of likely N-dealkylation sites (tertiary alicyclic amines) is 1. The van der Waals surface area contributed by atoms with Gasteiger partial charge in [0.05, 0.1) is 0 Å². The summed E-state index contributed by atoms with van der Waals surface area (Å²) in [7, 11) is 2.21. The number of halogens is 1. The van der Waals surface area contributed by atoms with Gasteiger partial charge in [0, 0.05) is 51.2 Å². The van der Waals surface area contributed by atoms with Crippen LogP contribution in [0.2, 0.25) is 0 Å². The molecule has 1 aromatic carbocycles. The molecule has 2 aliphatic heterocycles. The number of nitrogens with zero attached hydrogens (tertiary/aromatic N) is 3. The van der Waals surface area contributed by atoms with Crippen molar-refractivity contribution in [2.75, 3.05) is 46.3 Å². The molecule has 0 saturated carbocycles. The van der Waals surface area contributed by atoms with Gasteiger partial charge in [-0.15, -0.1) is 0 Å².